The summed E-state index contributed by atoms with van der Waals surface area (Å²) in [7, 11) is 0. The Labute approximate surface area is 94.7 Å². The van der Waals surface area contributed by atoms with Gasteiger partial charge in [0.1, 0.15) is 0 Å². The van der Waals surface area contributed by atoms with Crippen LogP contribution in [0.5, 0.6) is 0 Å². The van der Waals surface area contributed by atoms with Gasteiger partial charge in [0, 0.05) is 0 Å². The third kappa shape index (κ3) is 2.62. The van der Waals surface area contributed by atoms with Crippen molar-refractivity contribution in [1.29, 1.82) is 0 Å². The first-order valence-electron chi connectivity index (χ1n) is 5.65. The SMILES string of the molecule is Cc1c(C(C)(C)C)c[c]cc1C(C)(C)C. The van der Waals surface area contributed by atoms with E-state index < -0.39 is 0 Å². The second-order valence-electron chi connectivity index (χ2n) is 6.41. The Morgan fingerprint density at radius 1 is 0.800 bits per heavy atom. The van der Waals surface area contributed by atoms with Gasteiger partial charge in [-0.3, -0.25) is 0 Å². The lowest BCUT2D eigenvalue weighted by Crippen LogP contribution is -2.19. The number of hydrogen-bond acceptors (Lipinski definition) is 0. The van der Waals surface area contributed by atoms with Crippen molar-refractivity contribution in [2.24, 2.45) is 0 Å². The highest BCUT2D eigenvalue weighted by atomic mass is 14.3. The highest BCUT2D eigenvalue weighted by Gasteiger charge is 2.22. The van der Waals surface area contributed by atoms with E-state index in [0.29, 0.717) is 0 Å². The topological polar surface area (TPSA) is 0 Å². The largest absolute Gasteiger partial charge is 0.0561 e. The number of hydrogen-bond donors (Lipinski definition) is 0. The smallest absolute Gasteiger partial charge is 0.0129 e. The van der Waals surface area contributed by atoms with Gasteiger partial charge in [-0.2, -0.15) is 0 Å². The molecule has 0 nitrogen and oxygen atoms in total. The molecule has 0 aliphatic carbocycles. The van der Waals surface area contributed by atoms with Gasteiger partial charge in [0.2, 0.25) is 0 Å². The molecule has 0 amide bonds. The molecule has 0 heteroatoms. The zero-order valence-corrected chi connectivity index (χ0v) is 11.2. The summed E-state index contributed by atoms with van der Waals surface area (Å²) < 4.78 is 0. The molecule has 15 heavy (non-hydrogen) atoms. The predicted octanol–water partition coefficient (Wildman–Crippen LogP) is 4.39. The van der Waals surface area contributed by atoms with Gasteiger partial charge < -0.3 is 0 Å². The van der Waals surface area contributed by atoms with Crippen LogP contribution in [0, 0.1) is 13.0 Å². The molecular formula is C15H23. The molecule has 0 aliphatic rings. The van der Waals surface area contributed by atoms with Gasteiger partial charge >= 0.3 is 0 Å². The van der Waals surface area contributed by atoms with Crippen molar-refractivity contribution < 1.29 is 0 Å². The minimum absolute atomic E-state index is 0.210. The van der Waals surface area contributed by atoms with Crippen LogP contribution in [0.1, 0.15) is 58.2 Å². The second kappa shape index (κ2) is 3.66. The van der Waals surface area contributed by atoms with Crippen molar-refractivity contribution in [2.45, 2.75) is 59.3 Å². The third-order valence-corrected chi connectivity index (χ3v) is 2.88. The monoisotopic (exact) mass is 203 g/mol. The molecule has 1 aromatic rings. The van der Waals surface area contributed by atoms with Crippen molar-refractivity contribution in [3.05, 3.63) is 34.9 Å². The first-order valence-corrected chi connectivity index (χ1v) is 5.65. The average molecular weight is 203 g/mol. The lowest BCUT2D eigenvalue weighted by molar-refractivity contribution is 0.561. The van der Waals surface area contributed by atoms with Crippen LogP contribution in [-0.4, -0.2) is 0 Å². The van der Waals surface area contributed by atoms with Gasteiger partial charge in [0.05, 0.1) is 0 Å². The van der Waals surface area contributed by atoms with Gasteiger partial charge in [0.15, 0.2) is 0 Å². The summed E-state index contributed by atoms with van der Waals surface area (Å²) in [5, 5.41) is 0. The summed E-state index contributed by atoms with van der Waals surface area (Å²) in [6.45, 7) is 15.8. The van der Waals surface area contributed by atoms with Crippen LogP contribution in [0.4, 0.5) is 0 Å². The van der Waals surface area contributed by atoms with E-state index in [9.17, 15) is 0 Å². The fourth-order valence-corrected chi connectivity index (χ4v) is 2.13. The van der Waals surface area contributed by atoms with Crippen molar-refractivity contribution in [1.82, 2.24) is 0 Å². The molecule has 0 spiro atoms. The molecule has 1 radical (unpaired) electrons. The molecule has 0 saturated carbocycles. The Kier molecular flexibility index (Phi) is 3.00. The highest BCUT2D eigenvalue weighted by molar-refractivity contribution is 5.40. The molecule has 83 valence electrons. The summed E-state index contributed by atoms with van der Waals surface area (Å²) >= 11 is 0. The number of rotatable bonds is 0. The molecule has 1 aromatic carbocycles. The maximum atomic E-state index is 3.28. The summed E-state index contributed by atoms with van der Waals surface area (Å²) in [6, 6.07) is 7.54. The van der Waals surface area contributed by atoms with Crippen LogP contribution in [0.3, 0.4) is 0 Å². The van der Waals surface area contributed by atoms with Gasteiger partial charge in [-0.15, -0.1) is 0 Å². The van der Waals surface area contributed by atoms with Crippen LogP contribution >= 0.6 is 0 Å². The van der Waals surface area contributed by atoms with E-state index in [-0.39, 0.29) is 10.8 Å². The van der Waals surface area contributed by atoms with Crippen LogP contribution in [0.2, 0.25) is 0 Å². The lowest BCUT2D eigenvalue weighted by Gasteiger charge is -2.28. The van der Waals surface area contributed by atoms with Crippen LogP contribution in [0.25, 0.3) is 0 Å². The van der Waals surface area contributed by atoms with Gasteiger partial charge in [-0.25, -0.2) is 0 Å². The first kappa shape index (κ1) is 12.3. The Bertz CT molecular complexity index is 313. The number of benzene rings is 1. The van der Waals surface area contributed by atoms with Crippen molar-refractivity contribution in [3.8, 4) is 0 Å². The fourth-order valence-electron chi connectivity index (χ4n) is 2.13. The zero-order chi connectivity index (χ0) is 11.9. The normalized spacial score (nSPS) is 13.0. The van der Waals surface area contributed by atoms with Crippen LogP contribution in [-0.2, 0) is 10.8 Å². The van der Waals surface area contributed by atoms with Crippen LogP contribution < -0.4 is 0 Å². The van der Waals surface area contributed by atoms with E-state index in [1.54, 1.807) is 0 Å². The molecule has 0 aliphatic heterocycles. The summed E-state index contributed by atoms with van der Waals surface area (Å²) in [4.78, 5) is 0. The van der Waals surface area contributed by atoms with Crippen LogP contribution in [0.15, 0.2) is 12.1 Å². The maximum absolute atomic E-state index is 3.28. The standard InChI is InChI=1S/C15H23/c1-11-12(14(2,3)4)9-8-10-13(11)15(5,6)7/h9-10H,1-7H3. The molecule has 0 heterocycles. The Hall–Kier alpha value is -0.780. The van der Waals surface area contributed by atoms with Crippen molar-refractivity contribution >= 4 is 0 Å². The Balaban J connectivity index is 3.37. The molecule has 0 unspecified atom stereocenters. The summed E-state index contributed by atoms with van der Waals surface area (Å²) in [5.41, 5.74) is 4.67. The van der Waals surface area contributed by atoms with E-state index in [1.165, 1.54) is 16.7 Å². The van der Waals surface area contributed by atoms with Gasteiger partial charge in [-0.05, 0) is 40.5 Å². The molecule has 0 fully saturated rings. The molecule has 0 atom stereocenters. The Morgan fingerprint density at radius 2 is 1.13 bits per heavy atom. The summed E-state index contributed by atoms with van der Waals surface area (Å²) in [6.07, 6.45) is 0. The van der Waals surface area contributed by atoms with E-state index >= 15 is 0 Å². The van der Waals surface area contributed by atoms with Crippen molar-refractivity contribution in [3.63, 3.8) is 0 Å². The first-order chi connectivity index (χ1) is 6.64. The van der Waals surface area contributed by atoms with Gasteiger partial charge in [0.25, 0.3) is 0 Å². The highest BCUT2D eigenvalue weighted by Crippen LogP contribution is 2.32. The van der Waals surface area contributed by atoms with E-state index in [4.69, 9.17) is 0 Å². The van der Waals surface area contributed by atoms with E-state index in [2.05, 4.69) is 66.7 Å². The molecule has 0 N–H and O–H groups in total. The van der Waals surface area contributed by atoms with Crippen molar-refractivity contribution in [2.75, 3.05) is 0 Å². The molecule has 0 aromatic heterocycles. The quantitative estimate of drug-likeness (QED) is 0.586. The molecule has 0 bridgehead atoms. The third-order valence-electron chi connectivity index (χ3n) is 2.88. The van der Waals surface area contributed by atoms with E-state index in [0.717, 1.165) is 0 Å². The Morgan fingerprint density at radius 3 is 1.40 bits per heavy atom. The minimum Gasteiger partial charge on any atom is -0.0561 e. The fraction of sp³-hybridized carbons (Fsp3) is 0.600. The van der Waals surface area contributed by atoms with Gasteiger partial charge in [-0.1, -0.05) is 53.7 Å². The predicted molar refractivity (Wildman–Crippen MR) is 67.4 cm³/mol. The molecule has 0 saturated heterocycles. The van der Waals surface area contributed by atoms with E-state index in [1.807, 2.05) is 0 Å². The average Bonchev–Trinajstić information content (AvgIpc) is 1.99. The molecular weight excluding hydrogens is 180 g/mol. The zero-order valence-electron chi connectivity index (χ0n) is 11.2. The molecule has 1 rings (SSSR count). The second-order valence-corrected chi connectivity index (χ2v) is 6.41. The minimum atomic E-state index is 0.210. The summed E-state index contributed by atoms with van der Waals surface area (Å²) in [5.74, 6) is 0. The lowest BCUT2D eigenvalue weighted by atomic mass is 9.77. The maximum Gasteiger partial charge on any atom is -0.0129 e.